The standard InChI is InChI=1S/C23H30N6O2/c1-15(2)14-28-21(30)19-20(26(5)23(28)31)24-22(29-17(4)13-16(3)25-29)27(19)12-11-18-9-7-6-8-10-18/h6-10,13,15,19-20H,11-12,14H2,1-5H3. The number of imide groups is 1. The Balaban J connectivity index is 1.71. The summed E-state index contributed by atoms with van der Waals surface area (Å²) in [6.07, 6.45) is 0.204. The molecule has 2 unspecified atom stereocenters. The molecule has 8 nitrogen and oxygen atoms in total. The van der Waals surface area contributed by atoms with Crippen LogP contribution < -0.4 is 0 Å². The van der Waals surface area contributed by atoms with E-state index in [4.69, 9.17) is 4.99 Å². The second kappa shape index (κ2) is 8.17. The summed E-state index contributed by atoms with van der Waals surface area (Å²) in [6, 6.07) is 11.3. The largest absolute Gasteiger partial charge is 0.328 e. The van der Waals surface area contributed by atoms with E-state index in [-0.39, 0.29) is 17.9 Å². The SMILES string of the molecule is Cc1cc(C)n(C2=NC3C(C(=O)N(CC(C)C)C(=O)N3C)N2CCc2ccccc2)n1. The van der Waals surface area contributed by atoms with Crippen LogP contribution in [0.15, 0.2) is 41.4 Å². The fourth-order valence-electron chi connectivity index (χ4n) is 4.34. The molecule has 1 aromatic carbocycles. The Labute approximate surface area is 183 Å². The van der Waals surface area contributed by atoms with Crippen molar-refractivity contribution in [2.24, 2.45) is 10.9 Å². The first-order chi connectivity index (χ1) is 14.8. The molecule has 164 valence electrons. The highest BCUT2D eigenvalue weighted by atomic mass is 16.2. The van der Waals surface area contributed by atoms with Crippen molar-refractivity contribution in [2.45, 2.75) is 46.3 Å². The van der Waals surface area contributed by atoms with E-state index < -0.39 is 12.2 Å². The third-order valence-corrected chi connectivity index (χ3v) is 5.80. The molecule has 2 aromatic rings. The number of urea groups is 1. The molecule has 0 spiro atoms. The van der Waals surface area contributed by atoms with E-state index in [0.29, 0.717) is 19.0 Å². The molecular weight excluding hydrogens is 392 g/mol. The summed E-state index contributed by atoms with van der Waals surface area (Å²) in [5.41, 5.74) is 3.01. The Morgan fingerprint density at radius 1 is 1.10 bits per heavy atom. The van der Waals surface area contributed by atoms with Gasteiger partial charge in [0.2, 0.25) is 5.96 Å². The number of carbonyl (C=O) groups excluding carboxylic acids is 2. The number of carbonyl (C=O) groups is 2. The summed E-state index contributed by atoms with van der Waals surface area (Å²) in [5.74, 6) is 0.625. The lowest BCUT2D eigenvalue weighted by Gasteiger charge is -2.41. The summed E-state index contributed by atoms with van der Waals surface area (Å²) in [6.45, 7) is 8.92. The van der Waals surface area contributed by atoms with Gasteiger partial charge in [-0.1, -0.05) is 44.2 Å². The number of fused-ring (bicyclic) bond motifs is 1. The van der Waals surface area contributed by atoms with Crippen LogP contribution in [0.5, 0.6) is 0 Å². The van der Waals surface area contributed by atoms with Crippen molar-refractivity contribution < 1.29 is 9.59 Å². The number of hydrogen-bond donors (Lipinski definition) is 0. The van der Waals surface area contributed by atoms with E-state index in [1.165, 1.54) is 10.5 Å². The predicted molar refractivity (Wildman–Crippen MR) is 119 cm³/mol. The monoisotopic (exact) mass is 422 g/mol. The van der Waals surface area contributed by atoms with E-state index in [2.05, 4.69) is 17.2 Å². The van der Waals surface area contributed by atoms with Crippen molar-refractivity contribution in [3.05, 3.63) is 53.3 Å². The third-order valence-electron chi connectivity index (χ3n) is 5.80. The van der Waals surface area contributed by atoms with Gasteiger partial charge in [-0.2, -0.15) is 5.10 Å². The van der Waals surface area contributed by atoms with Gasteiger partial charge in [-0.25, -0.2) is 14.5 Å². The second-order valence-electron chi connectivity index (χ2n) is 8.79. The molecule has 3 amide bonds. The Morgan fingerprint density at radius 2 is 1.81 bits per heavy atom. The van der Waals surface area contributed by atoms with Gasteiger partial charge in [0.1, 0.15) is 0 Å². The van der Waals surface area contributed by atoms with Crippen LogP contribution in [0.3, 0.4) is 0 Å². The number of amides is 3. The molecular formula is C23H30N6O2. The summed E-state index contributed by atoms with van der Waals surface area (Å²) in [5, 5.41) is 4.61. The number of likely N-dealkylation sites (N-methyl/N-ethyl adjacent to an activating group) is 1. The van der Waals surface area contributed by atoms with Crippen LogP contribution in [0, 0.1) is 19.8 Å². The first-order valence-electron chi connectivity index (χ1n) is 10.8. The highest BCUT2D eigenvalue weighted by molar-refractivity contribution is 6.04. The minimum Gasteiger partial charge on any atom is -0.325 e. The third kappa shape index (κ3) is 3.82. The van der Waals surface area contributed by atoms with Gasteiger partial charge in [0.05, 0.1) is 5.69 Å². The quantitative estimate of drug-likeness (QED) is 0.742. The normalized spacial score (nSPS) is 21.2. The van der Waals surface area contributed by atoms with Crippen molar-refractivity contribution in [1.29, 1.82) is 0 Å². The molecule has 1 aromatic heterocycles. The van der Waals surface area contributed by atoms with Crippen LogP contribution in [0.1, 0.15) is 30.8 Å². The van der Waals surface area contributed by atoms with Crippen LogP contribution in [0.4, 0.5) is 4.79 Å². The molecule has 2 aliphatic heterocycles. The van der Waals surface area contributed by atoms with Crippen LogP contribution in [0.25, 0.3) is 0 Å². The van der Waals surface area contributed by atoms with Gasteiger partial charge in [-0.3, -0.25) is 9.69 Å². The number of benzene rings is 1. The van der Waals surface area contributed by atoms with Gasteiger partial charge < -0.3 is 9.80 Å². The molecule has 2 aliphatic rings. The predicted octanol–water partition coefficient (Wildman–Crippen LogP) is 2.51. The van der Waals surface area contributed by atoms with Crippen molar-refractivity contribution in [1.82, 2.24) is 24.5 Å². The average molecular weight is 423 g/mol. The molecule has 0 aliphatic carbocycles. The highest BCUT2D eigenvalue weighted by Crippen LogP contribution is 2.29. The molecule has 0 N–H and O–H groups in total. The van der Waals surface area contributed by atoms with Crippen LogP contribution in [-0.2, 0) is 11.2 Å². The summed E-state index contributed by atoms with van der Waals surface area (Å²) >= 11 is 0. The zero-order valence-electron chi connectivity index (χ0n) is 18.8. The lowest BCUT2D eigenvalue weighted by Crippen LogP contribution is -2.65. The number of nitrogens with zero attached hydrogens (tertiary/aromatic N) is 6. The Hall–Kier alpha value is -3.16. The fraction of sp³-hybridized carbons (Fsp3) is 0.478. The molecule has 1 saturated heterocycles. The van der Waals surface area contributed by atoms with Gasteiger partial charge in [-0.05, 0) is 37.8 Å². The smallest absolute Gasteiger partial charge is 0.325 e. The van der Waals surface area contributed by atoms with Crippen LogP contribution in [0.2, 0.25) is 0 Å². The minimum absolute atomic E-state index is 0.185. The van der Waals surface area contributed by atoms with Gasteiger partial charge >= 0.3 is 6.03 Å². The molecule has 4 rings (SSSR count). The lowest BCUT2D eigenvalue weighted by molar-refractivity contribution is -0.138. The Kier molecular flexibility index (Phi) is 5.56. The highest BCUT2D eigenvalue weighted by Gasteiger charge is 2.52. The molecule has 3 heterocycles. The summed E-state index contributed by atoms with van der Waals surface area (Å²) in [4.78, 5) is 36.3. The Morgan fingerprint density at radius 3 is 2.42 bits per heavy atom. The van der Waals surface area contributed by atoms with Gasteiger partial charge in [-0.15, -0.1) is 0 Å². The topological polar surface area (TPSA) is 74.0 Å². The second-order valence-corrected chi connectivity index (χ2v) is 8.79. The number of rotatable bonds is 5. The molecule has 8 heteroatoms. The maximum Gasteiger partial charge on any atom is 0.328 e. The van der Waals surface area contributed by atoms with Gasteiger partial charge in [0.25, 0.3) is 5.91 Å². The summed E-state index contributed by atoms with van der Waals surface area (Å²) < 4.78 is 1.79. The maximum absolute atomic E-state index is 13.5. The van der Waals surface area contributed by atoms with E-state index in [1.54, 1.807) is 16.6 Å². The van der Waals surface area contributed by atoms with Gasteiger partial charge in [0, 0.05) is 25.8 Å². The number of aromatic nitrogens is 2. The zero-order valence-corrected chi connectivity index (χ0v) is 18.8. The summed E-state index contributed by atoms with van der Waals surface area (Å²) in [7, 11) is 1.72. The number of aryl methyl sites for hydroxylation is 2. The fourth-order valence-corrected chi connectivity index (χ4v) is 4.34. The molecule has 0 bridgehead atoms. The zero-order chi connectivity index (χ0) is 22.3. The molecule has 2 atom stereocenters. The molecule has 0 saturated carbocycles. The maximum atomic E-state index is 13.5. The van der Waals surface area contributed by atoms with Crippen molar-refractivity contribution in [2.75, 3.05) is 20.1 Å². The first kappa shape index (κ1) is 21.1. The lowest BCUT2D eigenvalue weighted by atomic mass is 10.1. The van der Waals surface area contributed by atoms with E-state index in [0.717, 1.165) is 17.8 Å². The molecule has 31 heavy (non-hydrogen) atoms. The van der Waals surface area contributed by atoms with Crippen molar-refractivity contribution in [3.8, 4) is 0 Å². The van der Waals surface area contributed by atoms with Crippen LogP contribution >= 0.6 is 0 Å². The number of aliphatic imine (C=N–C) groups is 1. The van der Waals surface area contributed by atoms with Crippen molar-refractivity contribution in [3.63, 3.8) is 0 Å². The Bertz CT molecular complexity index is 1010. The minimum atomic E-state index is -0.557. The molecule has 0 radical (unpaired) electrons. The van der Waals surface area contributed by atoms with E-state index in [9.17, 15) is 9.59 Å². The van der Waals surface area contributed by atoms with Crippen molar-refractivity contribution >= 4 is 17.9 Å². The molecule has 1 fully saturated rings. The first-order valence-corrected chi connectivity index (χ1v) is 10.8. The average Bonchev–Trinajstić information content (AvgIpc) is 3.27. The van der Waals surface area contributed by atoms with E-state index in [1.807, 2.05) is 56.9 Å². The van der Waals surface area contributed by atoms with Gasteiger partial charge in [0.15, 0.2) is 12.2 Å². The number of hydrogen-bond acceptors (Lipinski definition) is 5. The van der Waals surface area contributed by atoms with E-state index >= 15 is 0 Å². The van der Waals surface area contributed by atoms with Crippen LogP contribution in [-0.4, -0.2) is 74.7 Å².